The minimum atomic E-state index is -0.968. The van der Waals surface area contributed by atoms with Gasteiger partial charge < -0.3 is 24.2 Å². The number of rotatable bonds is 17. The number of ether oxygens (including phenoxy) is 3. The monoisotopic (exact) mass is 469 g/mol. The molecule has 2 unspecified atom stereocenters. The van der Waals surface area contributed by atoms with Crippen molar-refractivity contribution in [2.75, 3.05) is 37.8 Å². The molecule has 8 heteroatoms. The number of carboxylic acid groups (broad SMARTS) is 1. The van der Waals surface area contributed by atoms with Crippen molar-refractivity contribution in [3.05, 3.63) is 29.8 Å². The molecular weight excluding hydrogens is 430 g/mol. The molecule has 0 aromatic heterocycles. The van der Waals surface area contributed by atoms with E-state index in [9.17, 15) is 14.7 Å². The molecule has 1 aromatic rings. The number of carbonyl (C=O) groups excluding carboxylic acids is 1. The predicted octanol–water partition coefficient (Wildman–Crippen LogP) is 4.87. The molecule has 0 saturated heterocycles. The van der Waals surface area contributed by atoms with Crippen molar-refractivity contribution >= 4 is 23.8 Å². The minimum Gasteiger partial charge on any atom is -0.492 e. The van der Waals surface area contributed by atoms with Crippen molar-refractivity contribution in [2.45, 2.75) is 65.6 Å². The smallest absolute Gasteiger partial charge is 0.410 e. The Morgan fingerprint density at radius 2 is 1.81 bits per heavy atom. The van der Waals surface area contributed by atoms with Crippen LogP contribution in [0.4, 0.5) is 4.79 Å². The van der Waals surface area contributed by atoms with Gasteiger partial charge in [0.05, 0.1) is 6.54 Å². The van der Waals surface area contributed by atoms with E-state index in [2.05, 4.69) is 6.92 Å². The standard InChI is InChI=1S/C24H39NO6S/c1-5-16-32-17-8-13-25(24(28)31-19(4)6-2)14-15-30-21-11-9-20(10-12-21)18-22(23(26)27)29-7-3/h9-12,19,22H,5-8,13-18H2,1-4H3,(H,26,27). The summed E-state index contributed by atoms with van der Waals surface area (Å²) in [5.74, 6) is 1.85. The van der Waals surface area contributed by atoms with Crippen LogP contribution in [0.2, 0.25) is 0 Å². The maximum absolute atomic E-state index is 12.5. The average molecular weight is 470 g/mol. The summed E-state index contributed by atoms with van der Waals surface area (Å²) in [5, 5.41) is 9.21. The van der Waals surface area contributed by atoms with Crippen LogP contribution in [0.3, 0.4) is 0 Å². The Morgan fingerprint density at radius 1 is 1.09 bits per heavy atom. The van der Waals surface area contributed by atoms with Crippen molar-refractivity contribution in [1.82, 2.24) is 4.90 Å². The normalized spacial score (nSPS) is 12.8. The van der Waals surface area contributed by atoms with E-state index in [1.807, 2.05) is 49.9 Å². The molecule has 0 radical (unpaired) electrons. The summed E-state index contributed by atoms with van der Waals surface area (Å²) in [6.07, 6.45) is 1.88. The number of carboxylic acids is 1. The molecule has 0 fully saturated rings. The zero-order chi connectivity index (χ0) is 23.8. The van der Waals surface area contributed by atoms with Gasteiger partial charge in [-0.15, -0.1) is 0 Å². The summed E-state index contributed by atoms with van der Waals surface area (Å²) in [5.41, 5.74) is 0.863. The fourth-order valence-electron chi connectivity index (χ4n) is 2.86. The highest BCUT2D eigenvalue weighted by Crippen LogP contribution is 2.15. The number of aliphatic carboxylic acids is 1. The van der Waals surface area contributed by atoms with Gasteiger partial charge in [0.2, 0.25) is 0 Å². The largest absolute Gasteiger partial charge is 0.492 e. The Morgan fingerprint density at radius 3 is 2.41 bits per heavy atom. The van der Waals surface area contributed by atoms with E-state index in [0.717, 1.165) is 36.3 Å². The molecular formula is C24H39NO6S. The summed E-state index contributed by atoms with van der Waals surface area (Å²) in [7, 11) is 0. The lowest BCUT2D eigenvalue weighted by molar-refractivity contribution is -0.149. The second-order valence-corrected chi connectivity index (χ2v) is 8.76. The number of thioether (sulfide) groups is 1. The third kappa shape index (κ3) is 11.6. The maximum atomic E-state index is 12.5. The van der Waals surface area contributed by atoms with Gasteiger partial charge in [-0.2, -0.15) is 11.8 Å². The molecule has 32 heavy (non-hydrogen) atoms. The number of carbonyl (C=O) groups is 2. The molecule has 1 rings (SSSR count). The average Bonchev–Trinajstić information content (AvgIpc) is 2.78. The van der Waals surface area contributed by atoms with E-state index in [4.69, 9.17) is 14.2 Å². The highest BCUT2D eigenvalue weighted by atomic mass is 32.2. The van der Waals surface area contributed by atoms with Crippen LogP contribution in [0, 0.1) is 0 Å². The molecule has 7 nitrogen and oxygen atoms in total. The Balaban J connectivity index is 2.55. The highest BCUT2D eigenvalue weighted by Gasteiger charge is 2.19. The second kappa shape index (κ2) is 16.7. The van der Waals surface area contributed by atoms with E-state index < -0.39 is 12.1 Å². The summed E-state index contributed by atoms with van der Waals surface area (Å²) in [6.45, 7) is 9.62. The SMILES string of the molecule is CCCSCCCN(CCOc1ccc(CC(OCC)C(=O)O)cc1)C(=O)OC(C)CC. The van der Waals surface area contributed by atoms with Crippen LogP contribution < -0.4 is 4.74 Å². The van der Waals surface area contributed by atoms with Crippen LogP contribution in [0.5, 0.6) is 5.75 Å². The van der Waals surface area contributed by atoms with Crippen molar-refractivity contribution in [3.8, 4) is 5.75 Å². The Labute approximate surface area is 196 Å². The molecule has 2 atom stereocenters. The van der Waals surface area contributed by atoms with Gasteiger partial charge in [0.15, 0.2) is 6.10 Å². The highest BCUT2D eigenvalue weighted by molar-refractivity contribution is 7.99. The van der Waals surface area contributed by atoms with Crippen LogP contribution >= 0.6 is 11.8 Å². The van der Waals surface area contributed by atoms with Gasteiger partial charge in [0.1, 0.15) is 18.5 Å². The maximum Gasteiger partial charge on any atom is 0.410 e. The quantitative estimate of drug-likeness (QED) is 0.326. The van der Waals surface area contributed by atoms with Crippen molar-refractivity contribution in [3.63, 3.8) is 0 Å². The Kier molecular flexibility index (Phi) is 14.6. The van der Waals surface area contributed by atoms with Gasteiger partial charge >= 0.3 is 12.1 Å². The number of amides is 1. The number of hydrogen-bond donors (Lipinski definition) is 1. The predicted molar refractivity (Wildman–Crippen MR) is 129 cm³/mol. The molecule has 1 aromatic carbocycles. The van der Waals surface area contributed by atoms with E-state index in [1.165, 1.54) is 0 Å². The van der Waals surface area contributed by atoms with E-state index >= 15 is 0 Å². The first-order chi connectivity index (χ1) is 15.4. The lowest BCUT2D eigenvalue weighted by atomic mass is 10.1. The van der Waals surface area contributed by atoms with E-state index in [0.29, 0.717) is 38.5 Å². The van der Waals surface area contributed by atoms with Crippen LogP contribution in [0.1, 0.15) is 52.5 Å². The van der Waals surface area contributed by atoms with Gasteiger partial charge in [0, 0.05) is 19.6 Å². The molecule has 0 aliphatic carbocycles. The lowest BCUT2D eigenvalue weighted by Gasteiger charge is -2.24. The molecule has 1 N–H and O–H groups in total. The molecule has 0 bridgehead atoms. The molecule has 0 saturated carbocycles. The zero-order valence-corrected chi connectivity index (χ0v) is 20.7. The molecule has 0 heterocycles. The molecule has 0 spiro atoms. The third-order valence-electron chi connectivity index (χ3n) is 4.82. The summed E-state index contributed by atoms with van der Waals surface area (Å²) in [4.78, 5) is 25.5. The van der Waals surface area contributed by atoms with Crippen molar-refractivity contribution in [1.29, 1.82) is 0 Å². The lowest BCUT2D eigenvalue weighted by Crippen LogP contribution is -2.37. The molecule has 1 amide bonds. The summed E-state index contributed by atoms with van der Waals surface area (Å²) < 4.78 is 16.6. The summed E-state index contributed by atoms with van der Waals surface area (Å²) in [6, 6.07) is 7.29. The molecule has 0 aliphatic rings. The van der Waals surface area contributed by atoms with E-state index in [1.54, 1.807) is 11.8 Å². The fourth-order valence-corrected chi connectivity index (χ4v) is 3.68. The van der Waals surface area contributed by atoms with Crippen LogP contribution in [-0.2, 0) is 20.7 Å². The van der Waals surface area contributed by atoms with Crippen molar-refractivity contribution in [2.24, 2.45) is 0 Å². The van der Waals surface area contributed by atoms with Gasteiger partial charge in [-0.25, -0.2) is 9.59 Å². The molecule has 182 valence electrons. The van der Waals surface area contributed by atoms with Crippen LogP contribution in [0.25, 0.3) is 0 Å². The Hall–Kier alpha value is -1.93. The van der Waals surface area contributed by atoms with E-state index in [-0.39, 0.29) is 12.2 Å². The minimum absolute atomic E-state index is 0.112. The van der Waals surface area contributed by atoms with Gasteiger partial charge in [0.25, 0.3) is 0 Å². The van der Waals surface area contributed by atoms with Crippen molar-refractivity contribution < 1.29 is 28.9 Å². The van der Waals surface area contributed by atoms with Crippen LogP contribution in [-0.4, -0.2) is 72.1 Å². The first-order valence-electron chi connectivity index (χ1n) is 11.5. The topological polar surface area (TPSA) is 85.3 Å². The number of benzene rings is 1. The second-order valence-electron chi connectivity index (χ2n) is 7.53. The first-order valence-corrected chi connectivity index (χ1v) is 12.7. The fraction of sp³-hybridized carbons (Fsp3) is 0.667. The number of nitrogens with zero attached hydrogens (tertiary/aromatic N) is 1. The molecule has 0 aliphatic heterocycles. The number of hydrogen-bond acceptors (Lipinski definition) is 6. The third-order valence-corrected chi connectivity index (χ3v) is 6.09. The van der Waals surface area contributed by atoms with Gasteiger partial charge in [-0.05, 0) is 62.3 Å². The Bertz CT molecular complexity index is 654. The van der Waals surface area contributed by atoms with Gasteiger partial charge in [-0.1, -0.05) is 26.0 Å². The zero-order valence-electron chi connectivity index (χ0n) is 19.9. The van der Waals surface area contributed by atoms with Crippen LogP contribution in [0.15, 0.2) is 24.3 Å². The first kappa shape index (κ1) is 28.1. The summed E-state index contributed by atoms with van der Waals surface area (Å²) >= 11 is 1.90. The van der Waals surface area contributed by atoms with Gasteiger partial charge in [-0.3, -0.25) is 0 Å².